The summed E-state index contributed by atoms with van der Waals surface area (Å²) in [5.74, 6) is 1.63. The first-order valence-corrected chi connectivity index (χ1v) is 6.37. The number of likely N-dealkylation sites (tertiary alicyclic amines) is 1. The van der Waals surface area contributed by atoms with Gasteiger partial charge in [0.05, 0.1) is 0 Å². The van der Waals surface area contributed by atoms with E-state index in [9.17, 15) is 0 Å². The van der Waals surface area contributed by atoms with Crippen LogP contribution in [-0.4, -0.2) is 36.1 Å². The third-order valence-electron chi connectivity index (χ3n) is 3.53. The third-order valence-corrected chi connectivity index (χ3v) is 3.53. The fourth-order valence-corrected chi connectivity index (χ4v) is 2.25. The number of nitrogens with two attached hydrogens (primary N) is 1. The fourth-order valence-electron chi connectivity index (χ4n) is 2.25. The smallest absolute Gasteiger partial charge is 0.127 e. The zero-order chi connectivity index (χ0) is 12.3. The maximum Gasteiger partial charge on any atom is 0.127 e. The van der Waals surface area contributed by atoms with E-state index in [1.165, 1.54) is 19.5 Å². The first kappa shape index (κ1) is 12.2. The number of pyridine rings is 1. The number of nitrogen functional groups attached to an aromatic ring is 1. The Balaban J connectivity index is 1.84. The van der Waals surface area contributed by atoms with Crippen molar-refractivity contribution >= 4 is 11.5 Å². The number of hydrogen-bond donors (Lipinski definition) is 2. The molecule has 2 rings (SSSR count). The van der Waals surface area contributed by atoms with Crippen LogP contribution in [0.15, 0.2) is 12.3 Å². The Kier molecular flexibility index (Phi) is 3.84. The molecular weight excluding hydrogens is 212 g/mol. The number of anilines is 2. The molecule has 1 aliphatic heterocycles. The second-order valence-electron chi connectivity index (χ2n) is 4.85. The summed E-state index contributed by atoms with van der Waals surface area (Å²) in [6.07, 6.45) is 3.10. The summed E-state index contributed by atoms with van der Waals surface area (Å²) < 4.78 is 0. The summed E-state index contributed by atoms with van der Waals surface area (Å²) >= 11 is 0. The van der Waals surface area contributed by atoms with Crippen LogP contribution in [0.4, 0.5) is 11.5 Å². The minimum Gasteiger partial charge on any atom is -0.398 e. The Morgan fingerprint density at radius 1 is 1.59 bits per heavy atom. The average Bonchev–Trinajstić information content (AvgIpc) is 2.79. The molecule has 1 aromatic rings. The molecule has 0 radical (unpaired) electrons. The van der Waals surface area contributed by atoms with Gasteiger partial charge in [-0.2, -0.15) is 0 Å². The van der Waals surface area contributed by atoms with Gasteiger partial charge in [-0.05, 0) is 37.9 Å². The van der Waals surface area contributed by atoms with Gasteiger partial charge < -0.3 is 16.0 Å². The molecule has 1 atom stereocenters. The number of aryl methyl sites for hydroxylation is 1. The highest BCUT2D eigenvalue weighted by atomic mass is 15.1. The van der Waals surface area contributed by atoms with Crippen molar-refractivity contribution in [2.75, 3.05) is 37.2 Å². The second kappa shape index (κ2) is 5.36. The predicted molar refractivity (Wildman–Crippen MR) is 72.1 cm³/mol. The monoisotopic (exact) mass is 234 g/mol. The van der Waals surface area contributed by atoms with Gasteiger partial charge >= 0.3 is 0 Å². The number of nitrogens with zero attached hydrogens (tertiary/aromatic N) is 2. The summed E-state index contributed by atoms with van der Waals surface area (Å²) in [7, 11) is 0. The Morgan fingerprint density at radius 3 is 3.06 bits per heavy atom. The zero-order valence-corrected chi connectivity index (χ0v) is 10.7. The van der Waals surface area contributed by atoms with Gasteiger partial charge in [0.15, 0.2) is 0 Å². The van der Waals surface area contributed by atoms with Gasteiger partial charge in [-0.15, -0.1) is 0 Å². The van der Waals surface area contributed by atoms with Crippen molar-refractivity contribution in [3.8, 4) is 0 Å². The molecule has 0 bridgehead atoms. The molecule has 94 valence electrons. The van der Waals surface area contributed by atoms with Crippen molar-refractivity contribution < 1.29 is 0 Å². The van der Waals surface area contributed by atoms with Crippen molar-refractivity contribution in [1.29, 1.82) is 0 Å². The van der Waals surface area contributed by atoms with Crippen molar-refractivity contribution in [2.24, 2.45) is 5.92 Å². The summed E-state index contributed by atoms with van der Waals surface area (Å²) in [4.78, 5) is 6.82. The van der Waals surface area contributed by atoms with Crippen molar-refractivity contribution in [2.45, 2.75) is 20.3 Å². The lowest BCUT2D eigenvalue weighted by atomic mass is 10.1. The molecule has 4 heteroatoms. The highest BCUT2D eigenvalue weighted by molar-refractivity contribution is 5.53. The summed E-state index contributed by atoms with van der Waals surface area (Å²) in [5, 5.41) is 3.38. The molecule has 0 amide bonds. The molecule has 2 heterocycles. The molecule has 1 saturated heterocycles. The third kappa shape index (κ3) is 3.09. The highest BCUT2D eigenvalue weighted by Gasteiger charge is 2.20. The van der Waals surface area contributed by atoms with E-state index in [0.717, 1.165) is 36.1 Å². The molecule has 0 spiro atoms. The van der Waals surface area contributed by atoms with Crippen molar-refractivity contribution in [1.82, 2.24) is 9.88 Å². The fraction of sp³-hybridized carbons (Fsp3) is 0.615. The van der Waals surface area contributed by atoms with E-state index in [4.69, 9.17) is 5.73 Å². The van der Waals surface area contributed by atoms with Crippen LogP contribution >= 0.6 is 0 Å². The zero-order valence-electron chi connectivity index (χ0n) is 10.7. The van der Waals surface area contributed by atoms with Gasteiger partial charge in [0.2, 0.25) is 0 Å². The van der Waals surface area contributed by atoms with E-state index in [2.05, 4.69) is 22.1 Å². The Hall–Kier alpha value is -1.29. The van der Waals surface area contributed by atoms with E-state index in [-0.39, 0.29) is 0 Å². The van der Waals surface area contributed by atoms with Gasteiger partial charge in [-0.3, -0.25) is 0 Å². The Morgan fingerprint density at radius 2 is 2.41 bits per heavy atom. The quantitative estimate of drug-likeness (QED) is 0.833. The van der Waals surface area contributed by atoms with Gasteiger partial charge in [-0.1, -0.05) is 6.92 Å². The molecule has 1 aromatic heterocycles. The predicted octanol–water partition coefficient (Wildman–Crippen LogP) is 1.73. The number of hydrogen-bond acceptors (Lipinski definition) is 4. The van der Waals surface area contributed by atoms with Crippen molar-refractivity contribution in [3.05, 3.63) is 17.8 Å². The Bertz CT molecular complexity index is 378. The second-order valence-corrected chi connectivity index (χ2v) is 4.85. The van der Waals surface area contributed by atoms with Crippen LogP contribution in [0.5, 0.6) is 0 Å². The maximum atomic E-state index is 5.86. The first-order chi connectivity index (χ1) is 8.19. The first-order valence-electron chi connectivity index (χ1n) is 6.37. The van der Waals surface area contributed by atoms with Gasteiger partial charge in [0, 0.05) is 31.0 Å². The molecule has 3 N–H and O–H groups in total. The average molecular weight is 234 g/mol. The summed E-state index contributed by atoms with van der Waals surface area (Å²) in [6.45, 7) is 8.77. The van der Waals surface area contributed by atoms with Gasteiger partial charge in [0.1, 0.15) is 5.82 Å². The number of rotatable bonds is 4. The lowest BCUT2D eigenvalue weighted by Crippen LogP contribution is -2.22. The highest BCUT2D eigenvalue weighted by Crippen LogP contribution is 2.18. The van der Waals surface area contributed by atoms with Crippen LogP contribution in [0.25, 0.3) is 0 Å². The molecule has 0 aromatic carbocycles. The standard InChI is InChI=1S/C13H22N4/c1-3-17-5-4-11(9-17)8-16-13-6-12(14)10(2)7-15-13/h6-7,11H,3-5,8-9H2,1-2H3,(H3,14,15,16). The van der Waals surface area contributed by atoms with E-state index in [1.54, 1.807) is 0 Å². The number of aromatic nitrogens is 1. The lowest BCUT2D eigenvalue weighted by molar-refractivity contribution is 0.345. The van der Waals surface area contributed by atoms with E-state index in [1.807, 2.05) is 19.2 Å². The normalized spacial score (nSPS) is 20.7. The lowest BCUT2D eigenvalue weighted by Gasteiger charge is -2.14. The minimum absolute atomic E-state index is 0.735. The molecule has 1 fully saturated rings. The van der Waals surface area contributed by atoms with Crippen LogP contribution in [0.1, 0.15) is 18.9 Å². The van der Waals surface area contributed by atoms with Crippen LogP contribution in [-0.2, 0) is 0 Å². The van der Waals surface area contributed by atoms with E-state index < -0.39 is 0 Å². The molecule has 1 unspecified atom stereocenters. The SMILES string of the molecule is CCN1CCC(CNc2cc(N)c(C)cn2)C1. The van der Waals surface area contributed by atoms with Gasteiger partial charge in [-0.25, -0.2) is 4.98 Å². The Labute approximate surface area is 103 Å². The van der Waals surface area contributed by atoms with Crippen molar-refractivity contribution in [3.63, 3.8) is 0 Å². The van der Waals surface area contributed by atoms with Crippen LogP contribution < -0.4 is 11.1 Å². The molecule has 0 saturated carbocycles. The topological polar surface area (TPSA) is 54.2 Å². The van der Waals surface area contributed by atoms with E-state index in [0.29, 0.717) is 0 Å². The van der Waals surface area contributed by atoms with Crippen LogP contribution in [0.2, 0.25) is 0 Å². The molecular formula is C13H22N4. The maximum absolute atomic E-state index is 5.86. The number of nitrogens with one attached hydrogen (secondary N) is 1. The molecule has 4 nitrogen and oxygen atoms in total. The minimum atomic E-state index is 0.735. The summed E-state index contributed by atoms with van der Waals surface area (Å²) in [6, 6.07) is 1.92. The van der Waals surface area contributed by atoms with E-state index >= 15 is 0 Å². The summed E-state index contributed by atoms with van der Waals surface area (Å²) in [5.41, 5.74) is 7.70. The van der Waals surface area contributed by atoms with Crippen LogP contribution in [0, 0.1) is 12.8 Å². The molecule has 17 heavy (non-hydrogen) atoms. The van der Waals surface area contributed by atoms with Crippen LogP contribution in [0.3, 0.4) is 0 Å². The largest absolute Gasteiger partial charge is 0.398 e. The molecule has 1 aliphatic rings. The molecule has 0 aliphatic carbocycles. The van der Waals surface area contributed by atoms with Gasteiger partial charge in [0.25, 0.3) is 0 Å².